The van der Waals surface area contributed by atoms with E-state index < -0.39 is 0 Å². The highest BCUT2D eigenvalue weighted by Crippen LogP contribution is 2.53. The second kappa shape index (κ2) is 12.7. The molecule has 260 valence electrons. The summed E-state index contributed by atoms with van der Waals surface area (Å²) in [5.74, 6) is 3.57. The maximum atomic E-state index is 6.72. The molecule has 0 radical (unpaired) electrons. The molecule has 0 fully saturated rings. The van der Waals surface area contributed by atoms with Crippen molar-refractivity contribution in [2.75, 3.05) is 0 Å². The lowest BCUT2D eigenvalue weighted by Crippen LogP contribution is -2.08. The van der Waals surface area contributed by atoms with Crippen molar-refractivity contribution in [1.82, 2.24) is 14.5 Å². The minimum absolute atomic E-state index is 0.686. The third kappa shape index (κ3) is 5.32. The summed E-state index contributed by atoms with van der Waals surface area (Å²) in [5.41, 5.74) is 14.3. The fraction of sp³-hybridized carbons (Fsp3) is 0.0400. The highest BCUT2D eigenvalue weighted by Gasteiger charge is 2.30. The zero-order valence-corrected chi connectivity index (χ0v) is 29.8. The van der Waals surface area contributed by atoms with E-state index in [9.17, 15) is 0 Å². The van der Waals surface area contributed by atoms with Gasteiger partial charge in [0.25, 0.3) is 0 Å². The predicted octanol–water partition coefficient (Wildman–Crippen LogP) is 12.8. The lowest BCUT2D eigenvalue weighted by Gasteiger charge is -2.22. The molecular weight excluding hydrogens is 675 g/mol. The summed E-state index contributed by atoms with van der Waals surface area (Å²) in [7, 11) is 0. The molecule has 0 saturated heterocycles. The van der Waals surface area contributed by atoms with Crippen molar-refractivity contribution < 1.29 is 9.47 Å². The van der Waals surface area contributed by atoms with Gasteiger partial charge in [0.1, 0.15) is 5.52 Å². The van der Waals surface area contributed by atoms with Gasteiger partial charge < -0.3 is 14.0 Å². The van der Waals surface area contributed by atoms with Crippen LogP contribution in [0.1, 0.15) is 11.3 Å². The highest BCUT2D eigenvalue weighted by molar-refractivity contribution is 6.05. The molecule has 55 heavy (non-hydrogen) atoms. The zero-order valence-electron chi connectivity index (χ0n) is 29.8. The molecule has 5 heteroatoms. The standard InChI is InChI=1S/C50H33N3O2/c1-3-14-33(15-4-1)41-31-42(34-16-5-2-6-17-34)52-50(51-41)37-20-11-18-35(29-37)36-19-12-21-38(30-36)53-43-27-25-32-13-7-8-22-39(32)47(43)40-26-28-46-49(48(40)53)55-45-24-10-9-23-44(45)54-46/h1-24,26,28-31H,25,27H2. The van der Waals surface area contributed by atoms with Gasteiger partial charge in [0, 0.05) is 39.0 Å². The van der Waals surface area contributed by atoms with Crippen molar-refractivity contribution in [3.63, 3.8) is 0 Å². The second-order valence-corrected chi connectivity index (χ2v) is 14.1. The van der Waals surface area contributed by atoms with Crippen LogP contribution in [0.3, 0.4) is 0 Å². The summed E-state index contributed by atoms with van der Waals surface area (Å²) in [6.07, 6.45) is 1.88. The third-order valence-corrected chi connectivity index (χ3v) is 10.8. The molecule has 7 aromatic carbocycles. The lowest BCUT2D eigenvalue weighted by atomic mass is 9.88. The minimum Gasteiger partial charge on any atom is -0.449 e. The summed E-state index contributed by atoms with van der Waals surface area (Å²) < 4.78 is 15.6. The first-order chi connectivity index (χ1) is 27.2. The van der Waals surface area contributed by atoms with Crippen LogP contribution in [0.15, 0.2) is 176 Å². The van der Waals surface area contributed by atoms with E-state index in [4.69, 9.17) is 19.4 Å². The van der Waals surface area contributed by atoms with Crippen LogP contribution in [0.2, 0.25) is 0 Å². The molecule has 0 saturated carbocycles. The van der Waals surface area contributed by atoms with Crippen LogP contribution in [0, 0.1) is 0 Å². The SMILES string of the molecule is c1ccc(-c2cc(-c3ccccc3)nc(-c3cccc(-c4cccc(-n5c6c(c7ccc8c(c75)Oc5ccccc5O8)-c5ccccc5CC6)c4)c3)n2)cc1. The highest BCUT2D eigenvalue weighted by atomic mass is 16.6. The van der Waals surface area contributed by atoms with Crippen LogP contribution >= 0.6 is 0 Å². The number of ether oxygens (including phenoxy) is 2. The molecule has 0 amide bonds. The van der Waals surface area contributed by atoms with E-state index in [1.165, 1.54) is 22.4 Å². The number of aromatic nitrogens is 3. The summed E-state index contributed by atoms with van der Waals surface area (Å²) >= 11 is 0. The first-order valence-corrected chi connectivity index (χ1v) is 18.7. The topological polar surface area (TPSA) is 49.2 Å². The quantitative estimate of drug-likeness (QED) is 0.179. The number of fused-ring (bicyclic) bond motifs is 8. The van der Waals surface area contributed by atoms with Gasteiger partial charge in [-0.15, -0.1) is 0 Å². The lowest BCUT2D eigenvalue weighted by molar-refractivity contribution is 0.362. The van der Waals surface area contributed by atoms with Crippen LogP contribution in [0.25, 0.3) is 72.7 Å². The Labute approximate surface area is 318 Å². The number of aryl methyl sites for hydroxylation is 1. The van der Waals surface area contributed by atoms with Gasteiger partial charge in [-0.3, -0.25) is 0 Å². The van der Waals surface area contributed by atoms with Crippen LogP contribution in [-0.4, -0.2) is 14.5 Å². The van der Waals surface area contributed by atoms with Gasteiger partial charge in [0.05, 0.1) is 11.4 Å². The van der Waals surface area contributed by atoms with Gasteiger partial charge in [0.2, 0.25) is 0 Å². The Kier molecular flexibility index (Phi) is 7.24. The fourth-order valence-corrected chi connectivity index (χ4v) is 8.21. The zero-order chi connectivity index (χ0) is 36.3. The number of rotatable bonds is 5. The molecule has 3 heterocycles. The number of nitrogens with zero attached hydrogens (tertiary/aromatic N) is 3. The molecule has 0 unspecified atom stereocenters. The van der Waals surface area contributed by atoms with Crippen molar-refractivity contribution in [2.24, 2.45) is 0 Å². The first kappa shape index (κ1) is 31.3. The van der Waals surface area contributed by atoms with Gasteiger partial charge in [-0.1, -0.05) is 127 Å². The molecule has 0 atom stereocenters. The number of hydrogen-bond donors (Lipinski definition) is 0. The molecule has 5 nitrogen and oxygen atoms in total. The Balaban J connectivity index is 1.07. The monoisotopic (exact) mass is 707 g/mol. The molecule has 1 aliphatic carbocycles. The van der Waals surface area contributed by atoms with E-state index in [2.05, 4.69) is 120 Å². The van der Waals surface area contributed by atoms with Crippen LogP contribution < -0.4 is 9.47 Å². The van der Waals surface area contributed by atoms with Crippen molar-refractivity contribution in [1.29, 1.82) is 0 Å². The Hall–Kier alpha value is -7.24. The van der Waals surface area contributed by atoms with Gasteiger partial charge in [0.15, 0.2) is 28.8 Å². The Morgan fingerprint density at radius 1 is 0.455 bits per heavy atom. The van der Waals surface area contributed by atoms with Gasteiger partial charge in [-0.05, 0) is 83.6 Å². The summed E-state index contributed by atoms with van der Waals surface area (Å²) in [6, 6.07) is 61.0. The normalized spacial score (nSPS) is 12.5. The van der Waals surface area contributed by atoms with Gasteiger partial charge in [-0.2, -0.15) is 0 Å². The molecule has 2 aliphatic rings. The molecule has 0 spiro atoms. The molecule has 1 aliphatic heterocycles. The first-order valence-electron chi connectivity index (χ1n) is 18.7. The Bertz CT molecular complexity index is 2870. The van der Waals surface area contributed by atoms with Crippen LogP contribution in [-0.2, 0) is 12.8 Å². The Morgan fingerprint density at radius 2 is 1.07 bits per heavy atom. The Morgan fingerprint density at radius 3 is 1.84 bits per heavy atom. The summed E-state index contributed by atoms with van der Waals surface area (Å²) in [5, 5.41) is 1.15. The van der Waals surface area contributed by atoms with E-state index in [-0.39, 0.29) is 0 Å². The van der Waals surface area contributed by atoms with E-state index in [0.717, 1.165) is 80.1 Å². The summed E-state index contributed by atoms with van der Waals surface area (Å²) in [4.78, 5) is 10.2. The average Bonchev–Trinajstić information content (AvgIpc) is 3.62. The van der Waals surface area contributed by atoms with E-state index in [0.29, 0.717) is 17.3 Å². The molecule has 9 aromatic rings. The number of hydrogen-bond acceptors (Lipinski definition) is 4. The molecule has 11 rings (SSSR count). The van der Waals surface area contributed by atoms with Crippen LogP contribution in [0.5, 0.6) is 23.0 Å². The average molecular weight is 708 g/mol. The molecule has 0 N–H and O–H groups in total. The number of para-hydroxylation sites is 2. The molecular formula is C50H33N3O2. The van der Waals surface area contributed by atoms with E-state index in [1.54, 1.807) is 0 Å². The van der Waals surface area contributed by atoms with E-state index in [1.807, 2.05) is 60.7 Å². The fourth-order valence-electron chi connectivity index (χ4n) is 8.21. The smallest absolute Gasteiger partial charge is 0.194 e. The third-order valence-electron chi connectivity index (χ3n) is 10.8. The van der Waals surface area contributed by atoms with Crippen LogP contribution in [0.4, 0.5) is 0 Å². The predicted molar refractivity (Wildman–Crippen MR) is 220 cm³/mol. The minimum atomic E-state index is 0.686. The second-order valence-electron chi connectivity index (χ2n) is 14.1. The van der Waals surface area contributed by atoms with Gasteiger partial charge in [-0.25, -0.2) is 9.97 Å². The molecule has 2 aromatic heterocycles. The number of benzene rings is 7. The maximum absolute atomic E-state index is 6.72. The van der Waals surface area contributed by atoms with Crippen molar-refractivity contribution in [3.8, 4) is 84.8 Å². The summed E-state index contributed by atoms with van der Waals surface area (Å²) in [6.45, 7) is 0. The largest absolute Gasteiger partial charge is 0.449 e. The maximum Gasteiger partial charge on any atom is 0.194 e. The van der Waals surface area contributed by atoms with Crippen molar-refractivity contribution >= 4 is 10.9 Å². The van der Waals surface area contributed by atoms with Crippen molar-refractivity contribution in [3.05, 3.63) is 187 Å². The van der Waals surface area contributed by atoms with E-state index >= 15 is 0 Å². The van der Waals surface area contributed by atoms with Gasteiger partial charge >= 0.3 is 0 Å². The van der Waals surface area contributed by atoms with Crippen molar-refractivity contribution in [2.45, 2.75) is 12.8 Å². The molecule has 0 bridgehead atoms.